The Labute approximate surface area is 170 Å². The molecule has 1 N–H and O–H groups in total. The molecule has 3 rings (SSSR count). The maximum absolute atomic E-state index is 13.2. The Balaban J connectivity index is 1.72. The first-order chi connectivity index (χ1) is 13.8. The maximum atomic E-state index is 13.2. The normalized spacial score (nSPS) is 12.0. The van der Waals surface area contributed by atoms with E-state index in [1.807, 2.05) is 0 Å². The van der Waals surface area contributed by atoms with E-state index in [2.05, 4.69) is 15.5 Å². The predicted octanol–water partition coefficient (Wildman–Crippen LogP) is 3.73. The van der Waals surface area contributed by atoms with Crippen molar-refractivity contribution in [1.82, 2.24) is 19.6 Å². The number of nitrogens with one attached hydrogen (secondary N) is 1. The summed E-state index contributed by atoms with van der Waals surface area (Å²) in [6.07, 6.45) is 3.48. The molecule has 0 saturated heterocycles. The maximum Gasteiger partial charge on any atom is 0.390 e. The van der Waals surface area contributed by atoms with Crippen LogP contribution in [0, 0.1) is 22.9 Å². The molecular formula is C18H18ClFN6O3. The molecule has 29 heavy (non-hydrogen) atoms. The molecule has 0 aliphatic rings. The smallest absolute Gasteiger partial charge is 0.358 e. The van der Waals surface area contributed by atoms with Gasteiger partial charge < -0.3 is 15.4 Å². The number of nitrogens with zero attached hydrogens (tertiary/aromatic N) is 5. The van der Waals surface area contributed by atoms with Gasteiger partial charge in [-0.05, 0) is 36.0 Å². The van der Waals surface area contributed by atoms with Crippen molar-refractivity contribution in [3.63, 3.8) is 0 Å². The van der Waals surface area contributed by atoms with Gasteiger partial charge in [0.2, 0.25) is 0 Å². The Hall–Kier alpha value is -3.27. The molecule has 152 valence electrons. The van der Waals surface area contributed by atoms with Gasteiger partial charge in [-0.2, -0.15) is 9.78 Å². The number of anilines is 1. The molecule has 0 aliphatic heterocycles. The van der Waals surface area contributed by atoms with Gasteiger partial charge in [-0.1, -0.05) is 24.6 Å². The largest absolute Gasteiger partial charge is 0.390 e. The second-order valence-electron chi connectivity index (χ2n) is 6.42. The number of rotatable bonds is 7. The van der Waals surface area contributed by atoms with Gasteiger partial charge in [0.05, 0.1) is 35.3 Å². The van der Waals surface area contributed by atoms with E-state index in [1.165, 1.54) is 29.1 Å². The zero-order valence-corrected chi connectivity index (χ0v) is 16.4. The Morgan fingerprint density at radius 1 is 1.41 bits per heavy atom. The summed E-state index contributed by atoms with van der Waals surface area (Å²) in [6, 6.07) is 4.71. The van der Waals surface area contributed by atoms with E-state index in [9.17, 15) is 19.3 Å². The average molecular weight is 421 g/mol. The number of hydrogen-bond acceptors (Lipinski definition) is 5. The van der Waals surface area contributed by atoms with E-state index in [0.717, 1.165) is 0 Å². The van der Waals surface area contributed by atoms with Crippen LogP contribution in [0.5, 0.6) is 0 Å². The number of carbonyl (C=O) groups is 1. The second kappa shape index (κ2) is 8.39. The van der Waals surface area contributed by atoms with Gasteiger partial charge in [0.25, 0.3) is 5.91 Å². The van der Waals surface area contributed by atoms with Crippen LogP contribution in [0.15, 0.2) is 36.7 Å². The number of nitro groups is 1. The monoisotopic (exact) mass is 420 g/mol. The molecule has 1 amide bonds. The Kier molecular flexibility index (Phi) is 5.92. The summed E-state index contributed by atoms with van der Waals surface area (Å²) < 4.78 is 16.1. The summed E-state index contributed by atoms with van der Waals surface area (Å²) in [6.45, 7) is 3.74. The molecule has 1 atom stereocenters. The van der Waals surface area contributed by atoms with Gasteiger partial charge in [0, 0.05) is 11.2 Å². The van der Waals surface area contributed by atoms with Crippen molar-refractivity contribution < 1.29 is 14.1 Å². The lowest BCUT2D eigenvalue weighted by Crippen LogP contribution is -2.27. The van der Waals surface area contributed by atoms with Crippen molar-refractivity contribution in [3.05, 3.63) is 68.9 Å². The van der Waals surface area contributed by atoms with E-state index in [0.29, 0.717) is 29.9 Å². The molecule has 11 heteroatoms. The number of aryl methyl sites for hydroxylation is 1. The van der Waals surface area contributed by atoms with Crippen molar-refractivity contribution in [2.24, 2.45) is 0 Å². The quantitative estimate of drug-likeness (QED) is 0.463. The molecule has 0 fully saturated rings. The number of aromatic nitrogens is 4. The van der Waals surface area contributed by atoms with E-state index in [1.54, 1.807) is 30.8 Å². The van der Waals surface area contributed by atoms with Crippen LogP contribution in [0.3, 0.4) is 0 Å². The lowest BCUT2D eigenvalue weighted by Gasteiger charge is -2.13. The second-order valence-corrected chi connectivity index (χ2v) is 6.83. The summed E-state index contributed by atoms with van der Waals surface area (Å²) in [7, 11) is 0. The van der Waals surface area contributed by atoms with Crippen molar-refractivity contribution >= 4 is 29.0 Å². The molecule has 0 aliphatic carbocycles. The topological polar surface area (TPSA) is 108 Å². The van der Waals surface area contributed by atoms with Crippen LogP contribution in [-0.4, -0.2) is 30.4 Å². The molecule has 1 unspecified atom stereocenters. The Bertz CT molecular complexity index is 1060. The minimum atomic E-state index is -0.710. The first-order valence-electron chi connectivity index (χ1n) is 8.76. The van der Waals surface area contributed by atoms with Gasteiger partial charge >= 0.3 is 5.82 Å². The molecule has 9 nitrogen and oxygen atoms in total. The molecule has 3 aromatic rings. The van der Waals surface area contributed by atoms with Gasteiger partial charge in [-0.25, -0.2) is 4.39 Å². The van der Waals surface area contributed by atoms with Crippen molar-refractivity contribution in [2.75, 3.05) is 5.32 Å². The highest BCUT2D eigenvalue weighted by molar-refractivity contribution is 6.31. The number of benzene rings is 1. The van der Waals surface area contributed by atoms with Crippen LogP contribution in [0.1, 0.15) is 30.6 Å². The van der Waals surface area contributed by atoms with Crippen LogP contribution in [0.25, 0.3) is 0 Å². The molecule has 2 heterocycles. The summed E-state index contributed by atoms with van der Waals surface area (Å²) >= 11 is 6.03. The average Bonchev–Trinajstić information content (AvgIpc) is 3.25. The number of hydrogen-bond donors (Lipinski definition) is 1. The van der Waals surface area contributed by atoms with Gasteiger partial charge in [0.15, 0.2) is 6.04 Å². The summed E-state index contributed by atoms with van der Waals surface area (Å²) in [5.41, 5.74) is 1.64. The minimum absolute atomic E-state index is 0.285. The van der Waals surface area contributed by atoms with E-state index < -0.39 is 16.8 Å². The summed E-state index contributed by atoms with van der Waals surface area (Å²) in [5.74, 6) is -1.10. The minimum Gasteiger partial charge on any atom is -0.358 e. The van der Waals surface area contributed by atoms with E-state index in [4.69, 9.17) is 11.6 Å². The lowest BCUT2D eigenvalue weighted by atomic mass is 10.2. The number of amides is 1. The Morgan fingerprint density at radius 2 is 2.17 bits per heavy atom. The fraction of sp³-hybridized carbons (Fsp3) is 0.278. The zero-order chi connectivity index (χ0) is 21.1. The third-order valence-corrected chi connectivity index (χ3v) is 4.68. The third-order valence-electron chi connectivity index (χ3n) is 4.33. The highest BCUT2D eigenvalue weighted by Gasteiger charge is 2.27. The summed E-state index contributed by atoms with van der Waals surface area (Å²) in [4.78, 5) is 23.0. The van der Waals surface area contributed by atoms with Gasteiger partial charge in [-0.3, -0.25) is 9.48 Å². The first kappa shape index (κ1) is 20.5. The number of halogens is 2. The molecule has 0 radical (unpaired) electrons. The SMILES string of the molecule is CCC(C(=O)Nc1cnn(Cc2ccc(F)cc2Cl)c1)n1nc([N+](=O)[O-])cc1C. The highest BCUT2D eigenvalue weighted by Crippen LogP contribution is 2.21. The van der Waals surface area contributed by atoms with Crippen LogP contribution >= 0.6 is 11.6 Å². The van der Waals surface area contributed by atoms with Gasteiger partial charge in [0.1, 0.15) is 5.82 Å². The van der Waals surface area contributed by atoms with Crippen LogP contribution < -0.4 is 5.32 Å². The third kappa shape index (κ3) is 4.60. The zero-order valence-electron chi connectivity index (χ0n) is 15.7. The van der Waals surface area contributed by atoms with Crippen molar-refractivity contribution in [2.45, 2.75) is 32.9 Å². The summed E-state index contributed by atoms with van der Waals surface area (Å²) in [5, 5.41) is 22.0. The fourth-order valence-electron chi connectivity index (χ4n) is 2.91. The molecule has 0 saturated carbocycles. The molecule has 0 bridgehead atoms. The van der Waals surface area contributed by atoms with Crippen molar-refractivity contribution in [3.8, 4) is 0 Å². The van der Waals surface area contributed by atoms with Crippen LogP contribution in [-0.2, 0) is 11.3 Å². The molecule has 0 spiro atoms. The van der Waals surface area contributed by atoms with Gasteiger partial charge in [-0.15, -0.1) is 0 Å². The Morgan fingerprint density at radius 3 is 2.79 bits per heavy atom. The highest BCUT2D eigenvalue weighted by atomic mass is 35.5. The van der Waals surface area contributed by atoms with Crippen molar-refractivity contribution in [1.29, 1.82) is 0 Å². The van der Waals surface area contributed by atoms with E-state index in [-0.39, 0.29) is 16.7 Å². The van der Waals surface area contributed by atoms with Crippen LogP contribution in [0.2, 0.25) is 5.02 Å². The molecule has 1 aromatic carbocycles. The fourth-order valence-corrected chi connectivity index (χ4v) is 3.14. The lowest BCUT2D eigenvalue weighted by molar-refractivity contribution is -0.389. The van der Waals surface area contributed by atoms with Crippen LogP contribution in [0.4, 0.5) is 15.9 Å². The van der Waals surface area contributed by atoms with E-state index >= 15 is 0 Å². The number of carbonyl (C=O) groups excluding carboxylic acids is 1. The predicted molar refractivity (Wildman–Crippen MR) is 104 cm³/mol. The molecule has 2 aromatic heterocycles. The standard InChI is InChI=1S/C18H18ClFN6O3/c1-3-16(25-11(2)6-17(23-25)26(28)29)18(27)22-14-8-21-24(10-14)9-12-4-5-13(20)7-15(12)19/h4-8,10,16H,3,9H2,1-2H3,(H,22,27). The first-order valence-corrected chi connectivity index (χ1v) is 9.14. The molecular weight excluding hydrogens is 403 g/mol.